The summed E-state index contributed by atoms with van der Waals surface area (Å²) in [6, 6.07) is 15.6. The van der Waals surface area contributed by atoms with E-state index in [9.17, 15) is 8.78 Å². The summed E-state index contributed by atoms with van der Waals surface area (Å²) in [6.07, 6.45) is 1.27. The van der Waals surface area contributed by atoms with Crippen molar-refractivity contribution in [1.82, 2.24) is 9.97 Å². The number of fused-ring (bicyclic) bond motifs is 1. The first-order valence-corrected chi connectivity index (χ1v) is 12.5. The third-order valence-electron chi connectivity index (χ3n) is 6.69. The Bertz CT molecular complexity index is 1470. The molecule has 1 aromatic heterocycles. The molecular weight excluding hydrogens is 489 g/mol. The van der Waals surface area contributed by atoms with Crippen molar-refractivity contribution in [1.29, 1.82) is 0 Å². The van der Waals surface area contributed by atoms with Crippen molar-refractivity contribution in [2.24, 2.45) is 0 Å². The molecule has 38 heavy (non-hydrogen) atoms. The molecule has 1 aliphatic heterocycles. The lowest BCUT2D eigenvalue weighted by atomic mass is 10.0. The Morgan fingerprint density at radius 1 is 0.921 bits per heavy atom. The average Bonchev–Trinajstić information content (AvgIpc) is 2.89. The van der Waals surface area contributed by atoms with Crippen molar-refractivity contribution in [2.45, 2.75) is 26.3 Å². The van der Waals surface area contributed by atoms with E-state index in [0.29, 0.717) is 41.4 Å². The highest BCUT2D eigenvalue weighted by atomic mass is 19.1. The molecule has 2 heterocycles. The maximum Gasteiger partial charge on any atom is 0.178 e. The third-order valence-corrected chi connectivity index (χ3v) is 6.69. The van der Waals surface area contributed by atoms with Crippen LogP contribution in [0.2, 0.25) is 0 Å². The van der Waals surface area contributed by atoms with Gasteiger partial charge in [-0.05, 0) is 55.3 Å². The summed E-state index contributed by atoms with van der Waals surface area (Å²) in [5.74, 6) is -1.13. The second-order valence-electron chi connectivity index (χ2n) is 9.86. The molecule has 5 nitrogen and oxygen atoms in total. The number of hydrogen-bond acceptors (Lipinski definition) is 5. The number of aromatic nitrogens is 2. The molecule has 196 valence electrons. The summed E-state index contributed by atoms with van der Waals surface area (Å²) in [4.78, 5) is 12.5. The first-order chi connectivity index (χ1) is 18.2. The molecule has 4 aromatic rings. The van der Waals surface area contributed by atoms with Crippen LogP contribution in [0.15, 0.2) is 60.8 Å². The van der Waals surface area contributed by atoms with Crippen molar-refractivity contribution >= 4 is 11.4 Å². The largest absolute Gasteiger partial charge is 0.486 e. The lowest BCUT2D eigenvalue weighted by Gasteiger charge is -2.34. The molecule has 0 radical (unpaired) electrons. The maximum atomic E-state index is 15.0. The minimum absolute atomic E-state index is 0.0101. The minimum Gasteiger partial charge on any atom is -0.486 e. The van der Waals surface area contributed by atoms with Crippen LogP contribution in [0.1, 0.15) is 25.2 Å². The van der Waals surface area contributed by atoms with Gasteiger partial charge in [-0.15, -0.1) is 0 Å². The standard InChI is InChI=1S/C30H29F3N4O/c1-18(2)37-11-12-38-30-25(32)15-21(16-27(30)37)29-26(33)17-34-28(35-29)14-19-5-10-23(24(31)13-19)20-6-8-22(9-7-20)36(3)4/h5-10,13,15-18H,11-12,14H2,1-4H3. The highest BCUT2D eigenvalue weighted by Crippen LogP contribution is 2.39. The van der Waals surface area contributed by atoms with Crippen LogP contribution in [0, 0.1) is 17.5 Å². The molecule has 1 aliphatic rings. The summed E-state index contributed by atoms with van der Waals surface area (Å²) in [5.41, 5.74) is 3.78. The van der Waals surface area contributed by atoms with Crippen LogP contribution >= 0.6 is 0 Å². The molecule has 0 unspecified atom stereocenters. The summed E-state index contributed by atoms with van der Waals surface area (Å²) in [7, 11) is 3.90. The van der Waals surface area contributed by atoms with Crippen LogP contribution in [0.4, 0.5) is 24.5 Å². The zero-order chi connectivity index (χ0) is 27.0. The normalized spacial score (nSPS) is 12.9. The minimum atomic E-state index is -0.663. The summed E-state index contributed by atoms with van der Waals surface area (Å²) >= 11 is 0. The van der Waals surface area contributed by atoms with Crippen LogP contribution in [0.25, 0.3) is 22.4 Å². The molecule has 0 saturated heterocycles. The van der Waals surface area contributed by atoms with Gasteiger partial charge in [0.25, 0.3) is 0 Å². The third kappa shape index (κ3) is 5.03. The van der Waals surface area contributed by atoms with Crippen molar-refractivity contribution in [2.75, 3.05) is 37.0 Å². The number of ether oxygens (including phenoxy) is 1. The van der Waals surface area contributed by atoms with Crippen LogP contribution in [-0.2, 0) is 6.42 Å². The van der Waals surface area contributed by atoms with E-state index in [0.717, 1.165) is 17.4 Å². The molecule has 0 fully saturated rings. The van der Waals surface area contributed by atoms with Gasteiger partial charge in [-0.1, -0.05) is 24.3 Å². The number of nitrogens with zero attached hydrogens (tertiary/aromatic N) is 4. The molecule has 0 N–H and O–H groups in total. The molecule has 0 saturated carbocycles. The van der Waals surface area contributed by atoms with Gasteiger partial charge in [-0.2, -0.15) is 0 Å². The number of benzene rings is 3. The second kappa shape index (κ2) is 10.4. The fourth-order valence-corrected chi connectivity index (χ4v) is 4.69. The Morgan fingerprint density at radius 2 is 1.68 bits per heavy atom. The van der Waals surface area contributed by atoms with Crippen molar-refractivity contribution in [3.8, 4) is 28.1 Å². The van der Waals surface area contributed by atoms with E-state index < -0.39 is 11.6 Å². The van der Waals surface area contributed by atoms with E-state index in [1.54, 1.807) is 18.2 Å². The first-order valence-electron chi connectivity index (χ1n) is 12.5. The topological polar surface area (TPSA) is 41.5 Å². The van der Waals surface area contributed by atoms with Crippen molar-refractivity contribution < 1.29 is 17.9 Å². The Hall–Kier alpha value is -4.07. The SMILES string of the molecule is CC(C)N1CCOc2c(F)cc(-c3nc(Cc4ccc(-c5ccc(N(C)C)cc5)c(F)c4)ncc3F)cc21. The molecular formula is C30H29F3N4O. The zero-order valence-electron chi connectivity index (χ0n) is 21.8. The highest BCUT2D eigenvalue weighted by Gasteiger charge is 2.25. The molecule has 0 aliphatic carbocycles. The fraction of sp³-hybridized carbons (Fsp3) is 0.267. The van der Waals surface area contributed by atoms with Gasteiger partial charge >= 0.3 is 0 Å². The summed E-state index contributed by atoms with van der Waals surface area (Å²) in [5, 5.41) is 0. The monoisotopic (exact) mass is 518 g/mol. The predicted molar refractivity (Wildman–Crippen MR) is 144 cm³/mol. The van der Waals surface area contributed by atoms with Crippen molar-refractivity contribution in [3.05, 3.63) is 89.6 Å². The van der Waals surface area contributed by atoms with Gasteiger partial charge in [0, 0.05) is 43.4 Å². The van der Waals surface area contributed by atoms with Crippen LogP contribution in [0.5, 0.6) is 5.75 Å². The number of anilines is 2. The first kappa shape index (κ1) is 25.6. The molecule has 8 heteroatoms. The maximum absolute atomic E-state index is 15.0. The van der Waals surface area contributed by atoms with Gasteiger partial charge in [0.1, 0.15) is 23.9 Å². The van der Waals surface area contributed by atoms with Gasteiger partial charge in [0.05, 0.1) is 18.4 Å². The van der Waals surface area contributed by atoms with Crippen molar-refractivity contribution in [3.63, 3.8) is 0 Å². The van der Waals surface area contributed by atoms with E-state index in [1.807, 2.05) is 62.0 Å². The van der Waals surface area contributed by atoms with Crippen LogP contribution < -0.4 is 14.5 Å². The highest BCUT2D eigenvalue weighted by molar-refractivity contribution is 5.72. The number of halogens is 3. The molecule has 0 bridgehead atoms. The van der Waals surface area contributed by atoms with E-state index >= 15 is 4.39 Å². The van der Waals surface area contributed by atoms with E-state index in [-0.39, 0.29) is 29.7 Å². The quantitative estimate of drug-likeness (QED) is 0.292. The van der Waals surface area contributed by atoms with Gasteiger partial charge in [-0.25, -0.2) is 23.1 Å². The van der Waals surface area contributed by atoms with Gasteiger partial charge in [-0.3, -0.25) is 0 Å². The van der Waals surface area contributed by atoms with E-state index in [4.69, 9.17) is 4.74 Å². The molecule has 3 aromatic carbocycles. The number of hydrogen-bond donors (Lipinski definition) is 0. The summed E-state index contributed by atoms with van der Waals surface area (Å²) < 4.78 is 50.4. The Kier molecular flexibility index (Phi) is 6.97. The van der Waals surface area contributed by atoms with E-state index in [1.165, 1.54) is 12.1 Å². The van der Waals surface area contributed by atoms with Crippen LogP contribution in [0.3, 0.4) is 0 Å². The molecule has 0 amide bonds. The van der Waals surface area contributed by atoms with Gasteiger partial charge in [0.2, 0.25) is 0 Å². The number of rotatable bonds is 6. The summed E-state index contributed by atoms with van der Waals surface area (Å²) in [6.45, 7) is 5.00. The lowest BCUT2D eigenvalue weighted by molar-refractivity contribution is 0.287. The smallest absolute Gasteiger partial charge is 0.178 e. The Balaban J connectivity index is 1.43. The predicted octanol–water partition coefficient (Wildman–Crippen LogP) is 6.49. The molecule has 5 rings (SSSR count). The van der Waals surface area contributed by atoms with Crippen LogP contribution in [-0.4, -0.2) is 43.3 Å². The zero-order valence-corrected chi connectivity index (χ0v) is 21.8. The van der Waals surface area contributed by atoms with Gasteiger partial charge in [0.15, 0.2) is 17.4 Å². The molecule has 0 atom stereocenters. The lowest BCUT2D eigenvalue weighted by Crippen LogP contribution is -2.38. The average molecular weight is 519 g/mol. The molecule has 0 spiro atoms. The van der Waals surface area contributed by atoms with Gasteiger partial charge < -0.3 is 14.5 Å². The second-order valence-corrected chi connectivity index (χ2v) is 9.86. The Labute approximate surface area is 220 Å². The fourth-order valence-electron chi connectivity index (χ4n) is 4.69. The Morgan fingerprint density at radius 3 is 2.37 bits per heavy atom. The van der Waals surface area contributed by atoms with E-state index in [2.05, 4.69) is 9.97 Å².